The van der Waals surface area contributed by atoms with E-state index in [4.69, 9.17) is 0 Å². The lowest BCUT2D eigenvalue weighted by Crippen LogP contribution is -3.01. The average molecular weight is 259 g/mol. The summed E-state index contributed by atoms with van der Waals surface area (Å²) >= 11 is 0. The van der Waals surface area contributed by atoms with Crippen molar-refractivity contribution in [3.8, 4) is 0 Å². The molecule has 0 spiro atoms. The molecule has 0 saturated heterocycles. The molecule has 0 saturated carbocycles. The van der Waals surface area contributed by atoms with Crippen molar-refractivity contribution in [1.29, 1.82) is 0 Å². The lowest BCUT2D eigenvalue weighted by atomic mass is 10.0. The molecular weight excluding hydrogens is 238 g/mol. The summed E-state index contributed by atoms with van der Waals surface area (Å²) in [6, 6.07) is 7.09. The van der Waals surface area contributed by atoms with Gasteiger partial charge in [-0.1, -0.05) is 44.7 Å². The number of rotatable bonds is 6. The van der Waals surface area contributed by atoms with Gasteiger partial charge in [0, 0.05) is 18.6 Å². The Morgan fingerprint density at radius 1 is 1.11 bits per heavy atom. The van der Waals surface area contributed by atoms with E-state index in [1.165, 1.54) is 25.3 Å². The minimum Gasteiger partial charge on any atom is -0.624 e. The van der Waals surface area contributed by atoms with Crippen LogP contribution in [0.4, 0.5) is 5.69 Å². The van der Waals surface area contributed by atoms with Crippen molar-refractivity contribution in [1.82, 2.24) is 0 Å². The van der Waals surface area contributed by atoms with Gasteiger partial charge >= 0.3 is 0 Å². The highest BCUT2D eigenvalue weighted by molar-refractivity contribution is 6.08. The van der Waals surface area contributed by atoms with Gasteiger partial charge in [-0.15, -0.1) is 0 Å². The van der Waals surface area contributed by atoms with E-state index in [1.54, 1.807) is 18.2 Å². The van der Waals surface area contributed by atoms with E-state index in [1.807, 2.05) is 6.07 Å². The van der Waals surface area contributed by atoms with Crippen LogP contribution in [0, 0.1) is 5.21 Å². The lowest BCUT2D eigenvalue weighted by Gasteiger charge is -2.28. The van der Waals surface area contributed by atoms with Crippen LogP contribution in [0.1, 0.15) is 55.8 Å². The molecule has 0 aromatic heterocycles. The number of carbonyl (C=O) groups excluding carboxylic acids is 1. The van der Waals surface area contributed by atoms with E-state index in [2.05, 4.69) is 6.92 Å². The monoisotopic (exact) mass is 259 g/mol. The fraction of sp³-hybridized carbons (Fsp3) is 0.438. The molecule has 2 rings (SSSR count). The number of ketones is 1. The van der Waals surface area contributed by atoms with E-state index >= 15 is 0 Å². The zero-order valence-electron chi connectivity index (χ0n) is 11.4. The molecule has 0 aliphatic carbocycles. The predicted molar refractivity (Wildman–Crippen MR) is 76.2 cm³/mol. The van der Waals surface area contributed by atoms with Gasteiger partial charge in [0.05, 0.1) is 5.56 Å². The minimum atomic E-state index is -0.0289. The van der Waals surface area contributed by atoms with E-state index < -0.39 is 0 Å². The molecule has 1 unspecified atom stereocenters. The molecule has 3 nitrogen and oxygen atoms in total. The second kappa shape index (κ2) is 6.64. The number of benzene rings is 1. The first-order valence-electron chi connectivity index (χ1n) is 7.12. The number of hydrogen-bond donors (Lipinski definition) is 1. The van der Waals surface area contributed by atoms with Crippen molar-refractivity contribution >= 4 is 11.5 Å². The zero-order valence-corrected chi connectivity index (χ0v) is 11.4. The van der Waals surface area contributed by atoms with Crippen LogP contribution in [0.3, 0.4) is 0 Å². The molecule has 1 heterocycles. The highest BCUT2D eigenvalue weighted by Crippen LogP contribution is 2.19. The van der Waals surface area contributed by atoms with Gasteiger partial charge in [0.1, 0.15) is 11.4 Å². The van der Waals surface area contributed by atoms with Gasteiger partial charge in [-0.2, -0.15) is 0 Å². The first-order chi connectivity index (χ1) is 9.24. The first-order valence-corrected chi connectivity index (χ1v) is 7.12. The average Bonchev–Trinajstić information content (AvgIpc) is 2.44. The number of nitrogens with one attached hydrogen (secondary N) is 1. The smallest absolute Gasteiger partial charge is 0.197 e. The topological polar surface area (TPSA) is 44.6 Å². The van der Waals surface area contributed by atoms with Crippen LogP contribution in [0.2, 0.25) is 0 Å². The van der Waals surface area contributed by atoms with Crippen LogP contribution < -0.4 is 5.06 Å². The number of hydroxylamine groups is 1. The van der Waals surface area contributed by atoms with Crippen LogP contribution >= 0.6 is 0 Å². The zero-order chi connectivity index (χ0) is 13.7. The van der Waals surface area contributed by atoms with Gasteiger partial charge in [-0.3, -0.25) is 4.79 Å². The summed E-state index contributed by atoms with van der Waals surface area (Å²) in [7, 11) is 0. The molecule has 0 radical (unpaired) electrons. The second-order valence-electron chi connectivity index (χ2n) is 5.07. The Kier molecular flexibility index (Phi) is 4.88. The molecule has 0 amide bonds. The van der Waals surface area contributed by atoms with Crippen LogP contribution in [0.5, 0.6) is 0 Å². The van der Waals surface area contributed by atoms with Crippen LogP contribution in [-0.2, 0) is 0 Å². The number of quaternary nitrogens is 1. The molecule has 1 aliphatic rings. The molecular formula is C16H21NO2. The predicted octanol–water partition coefficient (Wildman–Crippen LogP) is 3.14. The third-order valence-corrected chi connectivity index (χ3v) is 3.58. The quantitative estimate of drug-likeness (QED) is 0.630. The Morgan fingerprint density at radius 2 is 1.84 bits per heavy atom. The van der Waals surface area contributed by atoms with Gasteiger partial charge in [-0.25, -0.2) is 0 Å². The molecule has 1 atom stereocenters. The number of unbranched alkanes of at least 4 members (excludes halogenated alkanes) is 4. The Hall–Kier alpha value is -1.45. The fourth-order valence-corrected chi connectivity index (χ4v) is 2.48. The van der Waals surface area contributed by atoms with E-state index in [0.717, 1.165) is 19.3 Å². The van der Waals surface area contributed by atoms with Crippen LogP contribution in [0.15, 0.2) is 36.0 Å². The van der Waals surface area contributed by atoms with Crippen molar-refractivity contribution in [2.75, 3.05) is 0 Å². The van der Waals surface area contributed by atoms with Gasteiger partial charge < -0.3 is 10.3 Å². The molecule has 1 aromatic carbocycles. The van der Waals surface area contributed by atoms with Crippen LogP contribution in [-0.4, -0.2) is 5.78 Å². The Balaban J connectivity index is 1.98. The highest BCUT2D eigenvalue weighted by atomic mass is 16.5. The number of hydrogen-bond acceptors (Lipinski definition) is 2. The lowest BCUT2D eigenvalue weighted by molar-refractivity contribution is -0.733. The molecule has 0 bridgehead atoms. The second-order valence-corrected chi connectivity index (χ2v) is 5.07. The van der Waals surface area contributed by atoms with Crippen molar-refractivity contribution < 1.29 is 9.86 Å². The molecule has 0 fully saturated rings. The summed E-state index contributed by atoms with van der Waals surface area (Å²) in [5.41, 5.74) is 1.79. The molecule has 1 aliphatic heterocycles. The molecule has 1 N–H and O–H groups in total. The van der Waals surface area contributed by atoms with Gasteiger partial charge in [-0.05, 0) is 12.5 Å². The summed E-state index contributed by atoms with van der Waals surface area (Å²) in [5, 5.41) is 12.3. The van der Waals surface area contributed by atoms with Gasteiger partial charge in [0.2, 0.25) is 0 Å². The Morgan fingerprint density at radius 3 is 2.63 bits per heavy atom. The number of fused-ring (bicyclic) bond motifs is 1. The summed E-state index contributed by atoms with van der Waals surface area (Å²) in [6.45, 7) is 2.18. The Bertz CT molecular complexity index is 479. The van der Waals surface area contributed by atoms with Gasteiger partial charge in [0.25, 0.3) is 0 Å². The van der Waals surface area contributed by atoms with E-state index in [-0.39, 0.29) is 10.8 Å². The first kappa shape index (κ1) is 14.0. The highest BCUT2D eigenvalue weighted by Gasteiger charge is 2.24. The maximum atomic E-state index is 12.3. The van der Waals surface area contributed by atoms with Crippen molar-refractivity contribution in [2.24, 2.45) is 0 Å². The molecule has 3 heteroatoms. The summed E-state index contributed by atoms with van der Waals surface area (Å²) < 4.78 is 0. The normalized spacial score (nSPS) is 18.1. The summed E-state index contributed by atoms with van der Waals surface area (Å²) in [4.78, 5) is 11.9. The molecule has 19 heavy (non-hydrogen) atoms. The van der Waals surface area contributed by atoms with Gasteiger partial charge in [0.15, 0.2) is 5.78 Å². The number of para-hydroxylation sites is 1. The molecule has 1 aromatic rings. The Labute approximate surface area is 114 Å². The third kappa shape index (κ3) is 3.31. The third-order valence-electron chi connectivity index (χ3n) is 3.58. The number of carbonyl (C=O) groups is 1. The van der Waals surface area contributed by atoms with E-state index in [0.29, 0.717) is 16.9 Å². The molecule has 102 valence electrons. The standard InChI is InChI=1S/C16H21NO2/c1-2-3-4-5-6-9-13-12-16(18)14-10-7-8-11-15(14)17(13)19/h7-8,10-12,17H,2-6,9H2,1H3. The van der Waals surface area contributed by atoms with Crippen molar-refractivity contribution in [3.63, 3.8) is 0 Å². The fourth-order valence-electron chi connectivity index (χ4n) is 2.48. The van der Waals surface area contributed by atoms with Crippen LogP contribution in [0.25, 0.3) is 0 Å². The minimum absolute atomic E-state index is 0.0289. The van der Waals surface area contributed by atoms with Crippen molar-refractivity contribution in [2.45, 2.75) is 45.4 Å². The number of allylic oxidation sites excluding steroid dienone is 2. The largest absolute Gasteiger partial charge is 0.624 e. The SMILES string of the molecule is CCCCCCCC1=CC(=O)c2ccccc2[NH+]1[O-]. The van der Waals surface area contributed by atoms with Crippen molar-refractivity contribution in [3.05, 3.63) is 46.8 Å². The summed E-state index contributed by atoms with van der Waals surface area (Å²) in [5.74, 6) is -0.0289. The maximum Gasteiger partial charge on any atom is 0.197 e. The van der Waals surface area contributed by atoms with E-state index in [9.17, 15) is 10.0 Å². The maximum absolute atomic E-state index is 12.3. The summed E-state index contributed by atoms with van der Waals surface area (Å²) in [6.07, 6.45) is 8.05.